The molecule has 146 valence electrons. The summed E-state index contributed by atoms with van der Waals surface area (Å²) in [6.07, 6.45) is 2.70. The fourth-order valence-electron chi connectivity index (χ4n) is 3.85. The van der Waals surface area contributed by atoms with Gasteiger partial charge in [0.2, 0.25) is 5.95 Å². The van der Waals surface area contributed by atoms with E-state index >= 15 is 0 Å². The van der Waals surface area contributed by atoms with Crippen LogP contribution in [0.25, 0.3) is 11.3 Å². The Morgan fingerprint density at radius 3 is 2.68 bits per heavy atom. The molecule has 1 aliphatic rings. The standard InChI is InChI=1S/C21H25N5O2/c1-13-5-6-18(15(3)23-13)19-7-8-22-21(24-19)26-11-16(20(12-26)27-4)10-17-9-14(2)25-28-17/h5-9,16,20H,10-12H2,1-4H3/t16-,20+/m1/s1. The third-order valence-corrected chi connectivity index (χ3v) is 5.25. The van der Waals surface area contributed by atoms with Gasteiger partial charge in [0.1, 0.15) is 5.76 Å². The molecule has 0 radical (unpaired) electrons. The van der Waals surface area contributed by atoms with Gasteiger partial charge in [-0.15, -0.1) is 0 Å². The average molecular weight is 379 g/mol. The van der Waals surface area contributed by atoms with Gasteiger partial charge < -0.3 is 14.2 Å². The monoisotopic (exact) mass is 379 g/mol. The van der Waals surface area contributed by atoms with Crippen LogP contribution in [0.1, 0.15) is 22.8 Å². The van der Waals surface area contributed by atoms with Crippen LogP contribution in [0.2, 0.25) is 0 Å². The number of hydrogen-bond donors (Lipinski definition) is 0. The van der Waals surface area contributed by atoms with Crippen LogP contribution in [0.15, 0.2) is 35.0 Å². The summed E-state index contributed by atoms with van der Waals surface area (Å²) in [5.74, 6) is 1.91. The molecule has 1 saturated heterocycles. The Balaban J connectivity index is 1.55. The second kappa shape index (κ2) is 7.67. The first-order chi connectivity index (χ1) is 13.5. The molecule has 4 heterocycles. The zero-order valence-corrected chi connectivity index (χ0v) is 16.7. The van der Waals surface area contributed by atoms with Gasteiger partial charge in [0, 0.05) is 61.8 Å². The van der Waals surface area contributed by atoms with E-state index in [1.54, 1.807) is 7.11 Å². The lowest BCUT2D eigenvalue weighted by atomic mass is 10.0. The van der Waals surface area contributed by atoms with Gasteiger partial charge in [0.15, 0.2) is 0 Å². The molecule has 3 aromatic rings. The zero-order valence-electron chi connectivity index (χ0n) is 16.7. The number of ether oxygens (including phenoxy) is 1. The molecule has 0 bridgehead atoms. The summed E-state index contributed by atoms with van der Waals surface area (Å²) in [5, 5.41) is 3.99. The van der Waals surface area contributed by atoms with Crippen LogP contribution in [-0.4, -0.2) is 46.4 Å². The van der Waals surface area contributed by atoms with Crippen molar-refractivity contribution in [3.63, 3.8) is 0 Å². The van der Waals surface area contributed by atoms with Crippen molar-refractivity contribution in [1.82, 2.24) is 20.1 Å². The molecule has 0 saturated carbocycles. The molecule has 1 fully saturated rings. The van der Waals surface area contributed by atoms with Crippen LogP contribution in [0.3, 0.4) is 0 Å². The van der Waals surface area contributed by atoms with Gasteiger partial charge in [-0.3, -0.25) is 4.98 Å². The number of pyridine rings is 1. The number of hydrogen-bond acceptors (Lipinski definition) is 7. The Labute approximate surface area is 164 Å². The predicted molar refractivity (Wildman–Crippen MR) is 106 cm³/mol. The number of aromatic nitrogens is 4. The first-order valence-corrected chi connectivity index (χ1v) is 9.51. The average Bonchev–Trinajstić information content (AvgIpc) is 3.28. The Bertz CT molecular complexity index is 971. The van der Waals surface area contributed by atoms with E-state index < -0.39 is 0 Å². The molecule has 0 unspecified atom stereocenters. The van der Waals surface area contributed by atoms with Gasteiger partial charge >= 0.3 is 0 Å². The van der Waals surface area contributed by atoms with Crippen molar-refractivity contribution in [1.29, 1.82) is 0 Å². The summed E-state index contributed by atoms with van der Waals surface area (Å²) >= 11 is 0. The maximum atomic E-state index is 5.73. The molecule has 7 heteroatoms. The Morgan fingerprint density at radius 1 is 1.11 bits per heavy atom. The number of nitrogens with zero attached hydrogens (tertiary/aromatic N) is 5. The molecule has 4 rings (SSSR count). The molecule has 1 aliphatic heterocycles. The molecule has 0 spiro atoms. The summed E-state index contributed by atoms with van der Waals surface area (Å²) in [4.78, 5) is 16.1. The lowest BCUT2D eigenvalue weighted by Gasteiger charge is -2.16. The molecule has 3 aromatic heterocycles. The van der Waals surface area contributed by atoms with Crippen molar-refractivity contribution >= 4 is 5.95 Å². The van der Waals surface area contributed by atoms with Crippen LogP contribution < -0.4 is 4.90 Å². The van der Waals surface area contributed by atoms with Crippen molar-refractivity contribution in [3.8, 4) is 11.3 Å². The minimum absolute atomic E-state index is 0.0976. The Morgan fingerprint density at radius 2 is 1.96 bits per heavy atom. The summed E-state index contributed by atoms with van der Waals surface area (Å²) < 4.78 is 11.1. The van der Waals surface area contributed by atoms with E-state index in [0.29, 0.717) is 5.92 Å². The SMILES string of the molecule is CO[C@H]1CN(c2nccc(-c3ccc(C)nc3C)n2)C[C@H]1Cc1cc(C)no1. The highest BCUT2D eigenvalue weighted by atomic mass is 16.5. The number of methoxy groups -OCH3 is 1. The van der Waals surface area contributed by atoms with Gasteiger partial charge in [0.25, 0.3) is 0 Å². The molecule has 28 heavy (non-hydrogen) atoms. The van der Waals surface area contributed by atoms with E-state index in [9.17, 15) is 0 Å². The van der Waals surface area contributed by atoms with Gasteiger partial charge in [-0.05, 0) is 39.0 Å². The first kappa shape index (κ1) is 18.6. The van der Waals surface area contributed by atoms with Crippen LogP contribution >= 0.6 is 0 Å². The highest BCUT2D eigenvalue weighted by Crippen LogP contribution is 2.28. The van der Waals surface area contributed by atoms with E-state index in [4.69, 9.17) is 14.2 Å². The maximum absolute atomic E-state index is 5.73. The number of rotatable bonds is 5. The van der Waals surface area contributed by atoms with Crippen molar-refractivity contribution in [3.05, 3.63) is 53.3 Å². The van der Waals surface area contributed by atoms with E-state index in [0.717, 1.165) is 59.6 Å². The predicted octanol–water partition coefficient (Wildman–Crippen LogP) is 3.15. The Hall–Kier alpha value is -2.80. The van der Waals surface area contributed by atoms with E-state index in [1.807, 2.05) is 45.2 Å². The van der Waals surface area contributed by atoms with Crippen molar-refractivity contribution in [2.24, 2.45) is 5.92 Å². The van der Waals surface area contributed by atoms with Crippen molar-refractivity contribution in [2.45, 2.75) is 33.3 Å². The zero-order chi connectivity index (χ0) is 19.7. The quantitative estimate of drug-likeness (QED) is 0.674. The minimum Gasteiger partial charge on any atom is -0.379 e. The minimum atomic E-state index is 0.0976. The van der Waals surface area contributed by atoms with E-state index in [1.165, 1.54) is 0 Å². The first-order valence-electron chi connectivity index (χ1n) is 9.51. The Kier molecular flexibility index (Phi) is 5.09. The summed E-state index contributed by atoms with van der Waals surface area (Å²) in [6, 6.07) is 8.00. The summed E-state index contributed by atoms with van der Waals surface area (Å²) in [7, 11) is 1.76. The fraction of sp³-hybridized carbons (Fsp3) is 0.429. The molecule has 2 atom stereocenters. The third-order valence-electron chi connectivity index (χ3n) is 5.25. The lowest BCUT2D eigenvalue weighted by molar-refractivity contribution is 0.0812. The smallest absolute Gasteiger partial charge is 0.225 e. The molecular weight excluding hydrogens is 354 g/mol. The van der Waals surface area contributed by atoms with Crippen LogP contribution in [0.4, 0.5) is 5.95 Å². The lowest BCUT2D eigenvalue weighted by Crippen LogP contribution is -2.24. The van der Waals surface area contributed by atoms with Crippen LogP contribution in [-0.2, 0) is 11.2 Å². The fourth-order valence-corrected chi connectivity index (χ4v) is 3.85. The van der Waals surface area contributed by atoms with Crippen LogP contribution in [0.5, 0.6) is 0 Å². The second-order valence-corrected chi connectivity index (χ2v) is 7.41. The third kappa shape index (κ3) is 3.75. The van der Waals surface area contributed by atoms with Crippen molar-refractivity contribution in [2.75, 3.05) is 25.1 Å². The largest absolute Gasteiger partial charge is 0.379 e. The molecular formula is C21H25N5O2. The van der Waals surface area contributed by atoms with Gasteiger partial charge in [-0.2, -0.15) is 0 Å². The summed E-state index contributed by atoms with van der Waals surface area (Å²) in [6.45, 7) is 7.50. The maximum Gasteiger partial charge on any atom is 0.225 e. The van der Waals surface area contributed by atoms with E-state index in [-0.39, 0.29) is 6.10 Å². The van der Waals surface area contributed by atoms with Gasteiger partial charge in [0.05, 0.1) is 17.5 Å². The van der Waals surface area contributed by atoms with Crippen LogP contribution in [0, 0.1) is 26.7 Å². The normalized spacial score (nSPS) is 19.4. The molecule has 0 aliphatic carbocycles. The molecule has 0 aromatic carbocycles. The molecule has 0 amide bonds. The second-order valence-electron chi connectivity index (χ2n) is 7.41. The molecule has 0 N–H and O–H groups in total. The highest BCUT2D eigenvalue weighted by Gasteiger charge is 2.35. The number of anilines is 1. The molecule has 7 nitrogen and oxygen atoms in total. The summed E-state index contributed by atoms with van der Waals surface area (Å²) in [5.41, 5.74) is 4.79. The van der Waals surface area contributed by atoms with Gasteiger partial charge in [-0.25, -0.2) is 9.97 Å². The highest BCUT2D eigenvalue weighted by molar-refractivity contribution is 5.62. The topological polar surface area (TPSA) is 77.2 Å². The van der Waals surface area contributed by atoms with Gasteiger partial charge in [-0.1, -0.05) is 5.16 Å². The van der Waals surface area contributed by atoms with E-state index in [2.05, 4.69) is 26.1 Å². The number of aryl methyl sites for hydroxylation is 3. The van der Waals surface area contributed by atoms with Crippen molar-refractivity contribution < 1.29 is 9.26 Å².